The lowest BCUT2D eigenvalue weighted by atomic mass is 9.89. The quantitative estimate of drug-likeness (QED) is 0.602. The molecule has 12 heteroatoms. The number of anilines is 1. The normalized spacial score (nSPS) is 13.5. The summed E-state index contributed by atoms with van der Waals surface area (Å²) >= 11 is 0. The summed E-state index contributed by atoms with van der Waals surface area (Å²) in [4.78, 5) is 15.4. The van der Waals surface area contributed by atoms with Gasteiger partial charge in [0.1, 0.15) is 5.75 Å². The number of aliphatic hydroxyl groups is 1. The number of halogens is 3. The molecule has 0 aliphatic heterocycles. The minimum absolute atomic E-state index is 0.0597. The third kappa shape index (κ3) is 6.31. The maximum atomic E-state index is 12.7. The Morgan fingerprint density at radius 2 is 1.77 bits per heavy atom. The molecule has 1 aromatic carbocycles. The number of benzene rings is 1. The second-order valence-electron chi connectivity index (χ2n) is 7.72. The number of nitrogen functional groups attached to an aromatic ring is 1. The Balaban J connectivity index is 2.20. The van der Waals surface area contributed by atoms with Crippen LogP contribution in [0.1, 0.15) is 31.3 Å². The van der Waals surface area contributed by atoms with Crippen LogP contribution in [0.25, 0.3) is 0 Å². The van der Waals surface area contributed by atoms with E-state index in [-0.39, 0.29) is 27.7 Å². The van der Waals surface area contributed by atoms with Crippen molar-refractivity contribution in [3.05, 3.63) is 42.2 Å². The van der Waals surface area contributed by atoms with E-state index >= 15 is 0 Å². The average Bonchev–Trinajstić information content (AvgIpc) is 2.64. The summed E-state index contributed by atoms with van der Waals surface area (Å²) in [7, 11) is -4.16. The molecule has 0 bridgehead atoms. The number of carbonyl (C=O) groups is 1. The van der Waals surface area contributed by atoms with E-state index in [4.69, 9.17) is 5.73 Å². The molecule has 8 nitrogen and oxygen atoms in total. The SMILES string of the molecule is CC(C)(C)C(O)CNC(=O)c1ncc(S(=O)(=O)c2ccc(OC(F)(F)F)cc2)cc1N. The Morgan fingerprint density at radius 3 is 2.26 bits per heavy atom. The molecule has 0 radical (unpaired) electrons. The smallest absolute Gasteiger partial charge is 0.406 e. The van der Waals surface area contributed by atoms with Gasteiger partial charge in [0.25, 0.3) is 5.91 Å². The van der Waals surface area contributed by atoms with Crippen LogP contribution in [0.4, 0.5) is 18.9 Å². The molecule has 1 unspecified atom stereocenters. The van der Waals surface area contributed by atoms with Gasteiger partial charge in [-0.2, -0.15) is 0 Å². The molecule has 1 heterocycles. The fourth-order valence-corrected chi connectivity index (χ4v) is 3.57. The molecule has 0 aliphatic rings. The van der Waals surface area contributed by atoms with Crippen LogP contribution < -0.4 is 15.8 Å². The first kappa shape index (κ1) is 24.4. The van der Waals surface area contributed by atoms with Gasteiger partial charge in [-0.15, -0.1) is 13.2 Å². The highest BCUT2D eigenvalue weighted by Crippen LogP contribution is 2.27. The number of aliphatic hydroxyl groups excluding tert-OH is 1. The standard InChI is InChI=1S/C19H22F3N3O5S/c1-18(2,3)15(26)10-25-17(27)16-14(23)8-13(9-24-16)31(28,29)12-6-4-11(5-7-12)30-19(20,21)22/h4-9,15,26H,10,23H2,1-3H3,(H,25,27). The van der Waals surface area contributed by atoms with Gasteiger partial charge in [-0.3, -0.25) is 4.79 Å². The van der Waals surface area contributed by atoms with Crippen molar-refractivity contribution in [1.82, 2.24) is 10.3 Å². The van der Waals surface area contributed by atoms with Crippen molar-refractivity contribution >= 4 is 21.4 Å². The van der Waals surface area contributed by atoms with E-state index in [1.54, 1.807) is 20.8 Å². The minimum Gasteiger partial charge on any atom is -0.406 e. The maximum absolute atomic E-state index is 12.7. The molecule has 31 heavy (non-hydrogen) atoms. The van der Waals surface area contributed by atoms with Crippen molar-refractivity contribution in [3.63, 3.8) is 0 Å². The lowest BCUT2D eigenvalue weighted by Gasteiger charge is -2.25. The van der Waals surface area contributed by atoms with Crippen LogP contribution in [0, 0.1) is 5.41 Å². The second-order valence-corrected chi connectivity index (χ2v) is 9.67. The molecular formula is C19H22F3N3O5S. The Kier molecular flexibility index (Phi) is 6.86. The highest BCUT2D eigenvalue weighted by atomic mass is 32.2. The molecule has 0 aliphatic carbocycles. The van der Waals surface area contributed by atoms with Crippen LogP contribution >= 0.6 is 0 Å². The van der Waals surface area contributed by atoms with E-state index in [2.05, 4.69) is 15.0 Å². The zero-order valence-corrected chi connectivity index (χ0v) is 17.7. The summed E-state index contributed by atoms with van der Waals surface area (Å²) in [5.74, 6) is -1.27. The predicted molar refractivity (Wildman–Crippen MR) is 105 cm³/mol. The highest BCUT2D eigenvalue weighted by Gasteiger charge is 2.31. The predicted octanol–water partition coefficient (Wildman–Crippen LogP) is 2.53. The summed E-state index contributed by atoms with van der Waals surface area (Å²) in [6.07, 6.45) is -4.82. The van der Waals surface area contributed by atoms with Gasteiger partial charge < -0.3 is 20.9 Å². The third-order valence-electron chi connectivity index (χ3n) is 4.24. The molecule has 1 atom stereocenters. The van der Waals surface area contributed by atoms with Crippen molar-refractivity contribution in [1.29, 1.82) is 0 Å². The zero-order chi connectivity index (χ0) is 23.6. The van der Waals surface area contributed by atoms with Crippen molar-refractivity contribution in [2.24, 2.45) is 5.41 Å². The first-order valence-corrected chi connectivity index (χ1v) is 10.4. The number of nitrogens with two attached hydrogens (primary N) is 1. The van der Waals surface area contributed by atoms with E-state index in [1.807, 2.05) is 0 Å². The van der Waals surface area contributed by atoms with Gasteiger partial charge in [-0.05, 0) is 35.7 Å². The van der Waals surface area contributed by atoms with Crippen LogP contribution in [0.3, 0.4) is 0 Å². The molecule has 2 aromatic rings. The summed E-state index contributed by atoms with van der Waals surface area (Å²) in [6, 6.07) is 4.64. The molecule has 4 N–H and O–H groups in total. The first-order chi connectivity index (χ1) is 14.1. The number of nitrogens with zero attached hydrogens (tertiary/aromatic N) is 1. The number of pyridine rings is 1. The molecule has 0 spiro atoms. The Morgan fingerprint density at radius 1 is 1.19 bits per heavy atom. The lowest BCUT2D eigenvalue weighted by Crippen LogP contribution is -2.39. The van der Waals surface area contributed by atoms with Gasteiger partial charge in [0.2, 0.25) is 9.84 Å². The van der Waals surface area contributed by atoms with Gasteiger partial charge >= 0.3 is 6.36 Å². The van der Waals surface area contributed by atoms with Crippen molar-refractivity contribution in [2.75, 3.05) is 12.3 Å². The van der Waals surface area contributed by atoms with Gasteiger partial charge in [0.05, 0.1) is 21.6 Å². The topological polar surface area (TPSA) is 132 Å². The second kappa shape index (κ2) is 8.71. The summed E-state index contributed by atoms with van der Waals surface area (Å²) in [6.45, 7) is 5.31. The van der Waals surface area contributed by atoms with Crippen molar-refractivity contribution in [3.8, 4) is 5.75 Å². The Labute approximate surface area is 177 Å². The first-order valence-electron chi connectivity index (χ1n) is 8.94. The summed E-state index contributed by atoms with van der Waals surface area (Å²) in [5.41, 5.74) is 4.87. The number of amides is 1. The van der Waals surface area contributed by atoms with Crippen LogP contribution in [0.15, 0.2) is 46.3 Å². The van der Waals surface area contributed by atoms with Crippen molar-refractivity contribution in [2.45, 2.75) is 43.0 Å². The van der Waals surface area contributed by atoms with E-state index in [9.17, 15) is 31.5 Å². The monoisotopic (exact) mass is 461 g/mol. The molecule has 170 valence electrons. The fraction of sp³-hybridized carbons (Fsp3) is 0.368. The van der Waals surface area contributed by atoms with E-state index in [0.29, 0.717) is 0 Å². The number of sulfone groups is 1. The van der Waals surface area contributed by atoms with E-state index in [1.165, 1.54) is 0 Å². The highest BCUT2D eigenvalue weighted by molar-refractivity contribution is 7.91. The van der Waals surface area contributed by atoms with Crippen LogP contribution in [-0.4, -0.2) is 43.4 Å². The number of aromatic nitrogens is 1. The number of hydrogen-bond acceptors (Lipinski definition) is 7. The van der Waals surface area contributed by atoms with Crippen LogP contribution in [0.5, 0.6) is 5.75 Å². The fourth-order valence-electron chi connectivity index (χ4n) is 2.33. The lowest BCUT2D eigenvalue weighted by molar-refractivity contribution is -0.274. The summed E-state index contributed by atoms with van der Waals surface area (Å²) < 4.78 is 65.8. The zero-order valence-electron chi connectivity index (χ0n) is 16.9. The van der Waals surface area contributed by atoms with Gasteiger partial charge in [0.15, 0.2) is 5.69 Å². The maximum Gasteiger partial charge on any atom is 0.573 e. The molecule has 1 aromatic heterocycles. The number of carbonyl (C=O) groups excluding carboxylic acids is 1. The minimum atomic E-state index is -4.90. The number of hydrogen-bond donors (Lipinski definition) is 3. The van der Waals surface area contributed by atoms with Crippen LogP contribution in [-0.2, 0) is 9.84 Å². The number of nitrogens with one attached hydrogen (secondary N) is 1. The summed E-state index contributed by atoms with van der Waals surface area (Å²) in [5, 5.41) is 12.5. The number of alkyl halides is 3. The largest absolute Gasteiger partial charge is 0.573 e. The van der Waals surface area contributed by atoms with E-state index in [0.717, 1.165) is 36.5 Å². The molecule has 1 amide bonds. The third-order valence-corrected chi connectivity index (χ3v) is 5.98. The average molecular weight is 461 g/mol. The van der Waals surface area contributed by atoms with Gasteiger partial charge in [-0.1, -0.05) is 20.8 Å². The molecule has 0 saturated heterocycles. The number of ether oxygens (including phenoxy) is 1. The van der Waals surface area contributed by atoms with Gasteiger partial charge in [0, 0.05) is 12.7 Å². The Bertz CT molecular complexity index is 1050. The van der Waals surface area contributed by atoms with E-state index < -0.39 is 39.4 Å². The number of rotatable bonds is 6. The molecule has 0 fully saturated rings. The van der Waals surface area contributed by atoms with Crippen molar-refractivity contribution < 1.29 is 36.2 Å². The van der Waals surface area contributed by atoms with Crippen LogP contribution in [0.2, 0.25) is 0 Å². The molecule has 0 saturated carbocycles. The van der Waals surface area contributed by atoms with Gasteiger partial charge in [-0.25, -0.2) is 13.4 Å². The Hall–Kier alpha value is -2.86. The molecular weight excluding hydrogens is 439 g/mol. The molecule has 2 rings (SSSR count).